The smallest absolute Gasteiger partial charge is 0.407 e. The predicted molar refractivity (Wildman–Crippen MR) is 97.1 cm³/mol. The van der Waals surface area contributed by atoms with Crippen LogP contribution in [0.5, 0.6) is 0 Å². The van der Waals surface area contributed by atoms with E-state index in [0.29, 0.717) is 31.1 Å². The maximum atomic E-state index is 12.4. The van der Waals surface area contributed by atoms with Crippen LogP contribution in [0.1, 0.15) is 43.5 Å². The first-order valence-corrected chi connectivity index (χ1v) is 9.02. The third kappa shape index (κ3) is 5.34. The molecule has 2 heterocycles. The van der Waals surface area contributed by atoms with Crippen molar-refractivity contribution in [2.75, 3.05) is 37.6 Å². The Bertz CT molecular complexity index is 585. The molecule has 7 heteroatoms. The standard InChI is InChI=1S/C18H28N4O3/c1-3-9-21(4-2)16-12-15(5-8-19-16)17(23)20-13-14-6-10-22(11-7-14)18(24)25/h5,8,12,14H,3-4,6-7,9-11,13H2,1-2H3,(H,20,23)(H,24,25). The van der Waals surface area contributed by atoms with E-state index in [0.717, 1.165) is 38.2 Å². The van der Waals surface area contributed by atoms with Crippen molar-refractivity contribution < 1.29 is 14.7 Å². The summed E-state index contributed by atoms with van der Waals surface area (Å²) in [6.45, 7) is 7.62. The number of amides is 2. The third-order valence-electron chi connectivity index (χ3n) is 4.64. The number of carbonyl (C=O) groups is 2. The molecule has 0 radical (unpaired) electrons. The highest BCUT2D eigenvalue weighted by Gasteiger charge is 2.22. The van der Waals surface area contributed by atoms with Crippen LogP contribution in [0, 0.1) is 5.92 Å². The summed E-state index contributed by atoms with van der Waals surface area (Å²) in [7, 11) is 0. The van der Waals surface area contributed by atoms with Crippen LogP contribution in [-0.2, 0) is 0 Å². The number of hydrogen-bond acceptors (Lipinski definition) is 4. The summed E-state index contributed by atoms with van der Waals surface area (Å²) in [4.78, 5) is 31.3. The van der Waals surface area contributed by atoms with Crippen LogP contribution < -0.4 is 10.2 Å². The van der Waals surface area contributed by atoms with E-state index in [1.54, 1.807) is 12.3 Å². The zero-order valence-electron chi connectivity index (χ0n) is 15.1. The van der Waals surface area contributed by atoms with E-state index in [4.69, 9.17) is 5.11 Å². The Balaban J connectivity index is 1.88. The number of anilines is 1. The van der Waals surface area contributed by atoms with E-state index in [2.05, 4.69) is 29.0 Å². The van der Waals surface area contributed by atoms with Gasteiger partial charge in [0.15, 0.2) is 0 Å². The lowest BCUT2D eigenvalue weighted by atomic mass is 9.97. The van der Waals surface area contributed by atoms with Gasteiger partial charge in [-0.25, -0.2) is 9.78 Å². The molecule has 2 rings (SSSR count). The lowest BCUT2D eigenvalue weighted by Crippen LogP contribution is -2.40. The Morgan fingerprint density at radius 1 is 1.36 bits per heavy atom. The predicted octanol–water partition coefficient (Wildman–Crippen LogP) is 2.44. The van der Waals surface area contributed by atoms with Crippen molar-refractivity contribution in [3.05, 3.63) is 23.9 Å². The van der Waals surface area contributed by atoms with E-state index in [1.807, 2.05) is 6.07 Å². The lowest BCUT2D eigenvalue weighted by Gasteiger charge is -2.30. The molecular weight excluding hydrogens is 320 g/mol. The topological polar surface area (TPSA) is 85.8 Å². The average molecular weight is 348 g/mol. The molecule has 0 spiro atoms. The van der Waals surface area contributed by atoms with Crippen LogP contribution in [0.4, 0.5) is 10.6 Å². The number of carboxylic acid groups (broad SMARTS) is 1. The molecule has 0 atom stereocenters. The zero-order valence-corrected chi connectivity index (χ0v) is 15.1. The molecule has 0 aromatic carbocycles. The molecule has 1 aromatic heterocycles. The molecule has 0 aliphatic carbocycles. The number of hydrogen-bond donors (Lipinski definition) is 2. The minimum absolute atomic E-state index is 0.100. The first-order valence-electron chi connectivity index (χ1n) is 9.02. The first-order chi connectivity index (χ1) is 12.0. The van der Waals surface area contributed by atoms with Gasteiger partial charge in [-0.1, -0.05) is 6.92 Å². The number of nitrogens with zero attached hydrogens (tertiary/aromatic N) is 3. The van der Waals surface area contributed by atoms with Gasteiger partial charge < -0.3 is 20.2 Å². The van der Waals surface area contributed by atoms with Crippen molar-refractivity contribution in [3.8, 4) is 0 Å². The molecular formula is C18H28N4O3. The highest BCUT2D eigenvalue weighted by atomic mass is 16.4. The molecule has 0 saturated carbocycles. The number of nitrogens with one attached hydrogen (secondary N) is 1. The fraction of sp³-hybridized carbons (Fsp3) is 0.611. The van der Waals surface area contributed by atoms with Gasteiger partial charge in [0.05, 0.1) is 0 Å². The van der Waals surface area contributed by atoms with Crippen LogP contribution in [0.15, 0.2) is 18.3 Å². The Morgan fingerprint density at radius 3 is 2.68 bits per heavy atom. The molecule has 1 saturated heterocycles. The number of likely N-dealkylation sites (tertiary alicyclic amines) is 1. The summed E-state index contributed by atoms with van der Waals surface area (Å²) in [6, 6.07) is 3.56. The third-order valence-corrected chi connectivity index (χ3v) is 4.64. The Morgan fingerprint density at radius 2 is 2.08 bits per heavy atom. The summed E-state index contributed by atoms with van der Waals surface area (Å²) in [6.07, 6.45) is 3.41. The molecule has 1 aliphatic rings. The van der Waals surface area contributed by atoms with E-state index in [9.17, 15) is 9.59 Å². The van der Waals surface area contributed by atoms with Gasteiger partial charge >= 0.3 is 6.09 Å². The molecule has 7 nitrogen and oxygen atoms in total. The minimum Gasteiger partial charge on any atom is -0.465 e. The molecule has 2 N–H and O–H groups in total. The van der Waals surface area contributed by atoms with Crippen LogP contribution in [0.2, 0.25) is 0 Å². The summed E-state index contributed by atoms with van der Waals surface area (Å²) in [5.74, 6) is 1.05. The zero-order chi connectivity index (χ0) is 18.2. The van der Waals surface area contributed by atoms with Crippen molar-refractivity contribution in [1.82, 2.24) is 15.2 Å². The number of carbonyl (C=O) groups excluding carboxylic acids is 1. The minimum atomic E-state index is -0.862. The maximum Gasteiger partial charge on any atom is 0.407 e. The van der Waals surface area contributed by atoms with E-state index in [-0.39, 0.29) is 5.91 Å². The second-order valence-electron chi connectivity index (χ2n) is 6.41. The lowest BCUT2D eigenvalue weighted by molar-refractivity contribution is 0.0928. The normalized spacial score (nSPS) is 15.0. The molecule has 138 valence electrons. The second-order valence-corrected chi connectivity index (χ2v) is 6.41. The summed E-state index contributed by atoms with van der Waals surface area (Å²) in [5, 5.41) is 11.9. The van der Waals surface area contributed by atoms with Crippen LogP contribution >= 0.6 is 0 Å². The maximum absolute atomic E-state index is 12.4. The highest BCUT2D eigenvalue weighted by molar-refractivity contribution is 5.94. The molecule has 25 heavy (non-hydrogen) atoms. The second kappa shape index (κ2) is 9.25. The molecule has 1 aromatic rings. The summed E-state index contributed by atoms with van der Waals surface area (Å²) in [5.41, 5.74) is 0.613. The molecule has 2 amide bonds. The van der Waals surface area contributed by atoms with E-state index < -0.39 is 6.09 Å². The van der Waals surface area contributed by atoms with Crippen LogP contribution in [0.25, 0.3) is 0 Å². The Kier molecular flexibility index (Phi) is 7.03. The van der Waals surface area contributed by atoms with Gasteiger partial charge in [0.25, 0.3) is 5.91 Å². The van der Waals surface area contributed by atoms with Crippen molar-refractivity contribution in [2.24, 2.45) is 5.92 Å². The van der Waals surface area contributed by atoms with Crippen molar-refractivity contribution >= 4 is 17.8 Å². The van der Waals surface area contributed by atoms with Gasteiger partial charge in [0, 0.05) is 44.5 Å². The van der Waals surface area contributed by atoms with Crippen molar-refractivity contribution in [1.29, 1.82) is 0 Å². The Hall–Kier alpha value is -2.31. The van der Waals surface area contributed by atoms with Gasteiger partial charge in [-0.3, -0.25) is 4.79 Å². The number of pyridine rings is 1. The van der Waals surface area contributed by atoms with Crippen LogP contribution in [0.3, 0.4) is 0 Å². The molecule has 1 aliphatic heterocycles. The molecule has 0 unspecified atom stereocenters. The van der Waals surface area contributed by atoms with Gasteiger partial charge in [-0.2, -0.15) is 0 Å². The number of piperidine rings is 1. The fourth-order valence-corrected chi connectivity index (χ4v) is 3.10. The Labute approximate surface area is 149 Å². The quantitative estimate of drug-likeness (QED) is 0.790. The SMILES string of the molecule is CCCN(CC)c1cc(C(=O)NCC2CCN(C(=O)O)CC2)ccn1. The van der Waals surface area contributed by atoms with Crippen molar-refractivity contribution in [3.63, 3.8) is 0 Å². The monoisotopic (exact) mass is 348 g/mol. The van der Waals surface area contributed by atoms with Crippen LogP contribution in [-0.4, -0.2) is 59.7 Å². The van der Waals surface area contributed by atoms with Crippen molar-refractivity contribution in [2.45, 2.75) is 33.1 Å². The highest BCUT2D eigenvalue weighted by Crippen LogP contribution is 2.17. The van der Waals surface area contributed by atoms with E-state index in [1.165, 1.54) is 4.90 Å². The largest absolute Gasteiger partial charge is 0.465 e. The first kappa shape index (κ1) is 19.0. The van der Waals surface area contributed by atoms with Gasteiger partial charge in [0.2, 0.25) is 0 Å². The summed E-state index contributed by atoms with van der Waals surface area (Å²) >= 11 is 0. The number of rotatable bonds is 7. The van der Waals surface area contributed by atoms with Gasteiger partial charge in [-0.15, -0.1) is 0 Å². The average Bonchev–Trinajstić information content (AvgIpc) is 2.64. The fourth-order valence-electron chi connectivity index (χ4n) is 3.10. The van der Waals surface area contributed by atoms with Gasteiger partial charge in [-0.05, 0) is 44.2 Å². The molecule has 1 fully saturated rings. The summed E-state index contributed by atoms with van der Waals surface area (Å²) < 4.78 is 0. The number of aromatic nitrogens is 1. The van der Waals surface area contributed by atoms with E-state index >= 15 is 0 Å². The van der Waals surface area contributed by atoms with Gasteiger partial charge in [0.1, 0.15) is 5.82 Å². The molecule has 0 bridgehead atoms.